The first-order valence-corrected chi connectivity index (χ1v) is 8.01. The maximum Gasteiger partial charge on any atom is 0.238 e. The zero-order chi connectivity index (χ0) is 14.0. The Bertz CT molecular complexity index is 523. The van der Waals surface area contributed by atoms with Crippen LogP contribution in [0.3, 0.4) is 0 Å². The third-order valence-electron chi connectivity index (χ3n) is 3.60. The van der Waals surface area contributed by atoms with Gasteiger partial charge >= 0.3 is 0 Å². The van der Waals surface area contributed by atoms with Gasteiger partial charge in [-0.15, -0.1) is 0 Å². The monoisotopic (exact) mass is 283 g/mol. The molecule has 19 heavy (non-hydrogen) atoms. The minimum Gasteiger partial charge on any atom is -0.383 e. The lowest BCUT2D eigenvalue weighted by Crippen LogP contribution is -2.36. The fourth-order valence-corrected chi connectivity index (χ4v) is 2.53. The lowest BCUT2D eigenvalue weighted by atomic mass is 10.2. The highest BCUT2D eigenvalue weighted by molar-refractivity contribution is 7.89. The molecule has 1 atom stereocenters. The maximum atomic E-state index is 11.1. The summed E-state index contributed by atoms with van der Waals surface area (Å²) in [5.41, 5.74) is 0.906. The summed E-state index contributed by atoms with van der Waals surface area (Å²) in [6.07, 6.45) is 2.59. The molecule has 5 nitrogen and oxygen atoms in total. The molecular weight excluding hydrogens is 262 g/mol. The van der Waals surface area contributed by atoms with Crippen molar-refractivity contribution in [3.8, 4) is 0 Å². The molecule has 6 heteroatoms. The molecule has 1 saturated carbocycles. The number of nitrogens with one attached hydrogen (secondary N) is 1. The van der Waals surface area contributed by atoms with Gasteiger partial charge in [-0.05, 0) is 51.1 Å². The van der Waals surface area contributed by atoms with E-state index in [-0.39, 0.29) is 4.90 Å². The number of anilines is 1. The van der Waals surface area contributed by atoms with Crippen LogP contribution in [-0.4, -0.2) is 39.0 Å². The minimum absolute atomic E-state index is 0.140. The first-order valence-electron chi connectivity index (χ1n) is 6.46. The molecule has 0 bridgehead atoms. The summed E-state index contributed by atoms with van der Waals surface area (Å²) in [4.78, 5) is 2.52. The predicted molar refractivity (Wildman–Crippen MR) is 76.6 cm³/mol. The van der Waals surface area contributed by atoms with E-state index in [1.165, 1.54) is 25.0 Å². The normalized spacial score (nSPS) is 17.5. The van der Waals surface area contributed by atoms with E-state index in [0.717, 1.165) is 18.3 Å². The molecule has 1 fully saturated rings. The van der Waals surface area contributed by atoms with Crippen LogP contribution in [0, 0.1) is 0 Å². The van der Waals surface area contributed by atoms with Crippen molar-refractivity contribution in [1.82, 2.24) is 4.90 Å². The summed E-state index contributed by atoms with van der Waals surface area (Å²) in [6.45, 7) is 3.02. The second-order valence-electron chi connectivity index (χ2n) is 5.20. The molecule has 0 spiro atoms. The molecule has 0 radical (unpaired) electrons. The van der Waals surface area contributed by atoms with Gasteiger partial charge in [0.1, 0.15) is 0 Å². The number of rotatable bonds is 6. The highest BCUT2D eigenvalue weighted by Gasteiger charge is 2.28. The molecule has 1 aromatic carbocycles. The third-order valence-corrected chi connectivity index (χ3v) is 4.53. The van der Waals surface area contributed by atoms with Crippen molar-refractivity contribution in [3.05, 3.63) is 24.3 Å². The van der Waals surface area contributed by atoms with Crippen molar-refractivity contribution in [1.29, 1.82) is 0 Å². The zero-order valence-electron chi connectivity index (χ0n) is 11.3. The smallest absolute Gasteiger partial charge is 0.238 e. The Morgan fingerprint density at radius 1 is 1.37 bits per heavy atom. The quantitative estimate of drug-likeness (QED) is 0.823. The molecule has 106 valence electrons. The van der Waals surface area contributed by atoms with Gasteiger partial charge in [0, 0.05) is 24.3 Å². The largest absolute Gasteiger partial charge is 0.383 e. The Morgan fingerprint density at radius 3 is 2.42 bits per heavy atom. The number of nitrogens with two attached hydrogens (primary N) is 1. The Morgan fingerprint density at radius 2 is 1.95 bits per heavy atom. The van der Waals surface area contributed by atoms with Crippen LogP contribution in [-0.2, 0) is 10.0 Å². The summed E-state index contributed by atoms with van der Waals surface area (Å²) in [7, 11) is -1.46. The van der Waals surface area contributed by atoms with Gasteiger partial charge in [-0.1, -0.05) is 0 Å². The number of benzene rings is 1. The van der Waals surface area contributed by atoms with Gasteiger partial charge in [0.15, 0.2) is 0 Å². The van der Waals surface area contributed by atoms with E-state index in [1.807, 2.05) is 0 Å². The van der Waals surface area contributed by atoms with Crippen molar-refractivity contribution in [2.45, 2.75) is 36.7 Å². The number of nitrogens with zero attached hydrogens (tertiary/aromatic N) is 1. The van der Waals surface area contributed by atoms with Crippen LogP contribution in [0.4, 0.5) is 5.69 Å². The van der Waals surface area contributed by atoms with Crippen molar-refractivity contribution >= 4 is 15.7 Å². The molecule has 2 rings (SSSR count). The molecule has 1 aromatic rings. The van der Waals surface area contributed by atoms with Gasteiger partial charge in [0.2, 0.25) is 10.0 Å². The number of likely N-dealkylation sites (N-methyl/N-ethyl adjacent to an activating group) is 1. The van der Waals surface area contributed by atoms with Crippen LogP contribution in [0.15, 0.2) is 29.2 Å². The Labute approximate surface area is 114 Å². The van der Waals surface area contributed by atoms with Gasteiger partial charge in [-0.3, -0.25) is 4.90 Å². The fourth-order valence-electron chi connectivity index (χ4n) is 2.01. The molecule has 1 aliphatic rings. The van der Waals surface area contributed by atoms with E-state index in [2.05, 4.69) is 24.2 Å². The molecule has 0 aromatic heterocycles. The summed E-state index contributed by atoms with van der Waals surface area (Å²) in [6, 6.07) is 7.71. The van der Waals surface area contributed by atoms with E-state index in [9.17, 15) is 8.42 Å². The standard InChI is InChI=1S/C13H21N3O2S/c1-10(16(2)12-5-6-12)9-15-11-3-7-13(8-4-11)19(14,17)18/h3-4,7-8,10,12,15H,5-6,9H2,1-2H3,(H2,14,17,18). The summed E-state index contributed by atoms with van der Waals surface area (Å²) in [5.74, 6) is 0. The van der Waals surface area contributed by atoms with Crippen LogP contribution < -0.4 is 10.5 Å². The van der Waals surface area contributed by atoms with Gasteiger partial charge < -0.3 is 5.32 Å². The minimum atomic E-state index is -3.60. The Hall–Kier alpha value is -1.11. The number of hydrogen-bond donors (Lipinski definition) is 2. The van der Waals surface area contributed by atoms with E-state index in [1.54, 1.807) is 12.1 Å². The highest BCUT2D eigenvalue weighted by Crippen LogP contribution is 2.27. The topological polar surface area (TPSA) is 75.4 Å². The SMILES string of the molecule is CC(CNc1ccc(S(N)(=O)=O)cc1)N(C)C1CC1. The molecule has 0 heterocycles. The van der Waals surface area contributed by atoms with Crippen LogP contribution >= 0.6 is 0 Å². The molecule has 0 amide bonds. The lowest BCUT2D eigenvalue weighted by molar-refractivity contribution is 0.257. The van der Waals surface area contributed by atoms with Crippen LogP contribution in [0.25, 0.3) is 0 Å². The number of primary sulfonamides is 1. The second kappa shape index (κ2) is 5.48. The van der Waals surface area contributed by atoms with E-state index < -0.39 is 10.0 Å². The molecule has 0 saturated heterocycles. The molecule has 0 aliphatic heterocycles. The average molecular weight is 283 g/mol. The van der Waals surface area contributed by atoms with Gasteiger partial charge in [0.05, 0.1) is 4.90 Å². The summed E-state index contributed by atoms with van der Waals surface area (Å²) < 4.78 is 22.3. The van der Waals surface area contributed by atoms with Crippen molar-refractivity contribution < 1.29 is 8.42 Å². The highest BCUT2D eigenvalue weighted by atomic mass is 32.2. The zero-order valence-corrected chi connectivity index (χ0v) is 12.2. The van der Waals surface area contributed by atoms with E-state index in [4.69, 9.17) is 5.14 Å². The first-order chi connectivity index (χ1) is 8.88. The predicted octanol–water partition coefficient (Wildman–Crippen LogP) is 1.23. The average Bonchev–Trinajstić information content (AvgIpc) is 3.18. The van der Waals surface area contributed by atoms with Crippen molar-refractivity contribution in [2.24, 2.45) is 5.14 Å². The van der Waals surface area contributed by atoms with Crippen LogP contribution in [0.1, 0.15) is 19.8 Å². The van der Waals surface area contributed by atoms with Crippen LogP contribution in [0.2, 0.25) is 0 Å². The van der Waals surface area contributed by atoms with Crippen molar-refractivity contribution in [2.75, 3.05) is 18.9 Å². The second-order valence-corrected chi connectivity index (χ2v) is 6.76. The molecule has 1 aliphatic carbocycles. The maximum absolute atomic E-state index is 11.1. The van der Waals surface area contributed by atoms with E-state index >= 15 is 0 Å². The first kappa shape index (κ1) is 14.3. The Balaban J connectivity index is 1.89. The van der Waals surface area contributed by atoms with E-state index in [0.29, 0.717) is 6.04 Å². The van der Waals surface area contributed by atoms with Gasteiger partial charge in [0.25, 0.3) is 0 Å². The summed E-state index contributed by atoms with van der Waals surface area (Å²) in [5, 5.41) is 8.36. The van der Waals surface area contributed by atoms with Gasteiger partial charge in [-0.25, -0.2) is 13.6 Å². The lowest BCUT2D eigenvalue weighted by Gasteiger charge is -2.25. The Kier molecular flexibility index (Phi) is 4.13. The summed E-state index contributed by atoms with van der Waals surface area (Å²) >= 11 is 0. The van der Waals surface area contributed by atoms with Gasteiger partial charge in [-0.2, -0.15) is 0 Å². The number of hydrogen-bond acceptors (Lipinski definition) is 4. The van der Waals surface area contributed by atoms with Crippen LogP contribution in [0.5, 0.6) is 0 Å². The number of sulfonamides is 1. The fraction of sp³-hybridized carbons (Fsp3) is 0.538. The van der Waals surface area contributed by atoms with Crippen molar-refractivity contribution in [3.63, 3.8) is 0 Å². The molecular formula is C13H21N3O2S. The molecule has 3 N–H and O–H groups in total. The molecule has 1 unspecified atom stereocenters. The third kappa shape index (κ3) is 3.92.